The molecule has 2 N–H and O–H groups in total. The highest BCUT2D eigenvalue weighted by Gasteiger charge is 2.12. The molecule has 20 heavy (non-hydrogen) atoms. The van der Waals surface area contributed by atoms with Crippen molar-refractivity contribution in [1.29, 1.82) is 0 Å². The minimum atomic E-state index is -0.518. The Morgan fingerprint density at radius 2 is 2.30 bits per heavy atom. The number of imidazole rings is 1. The maximum atomic E-state index is 13.5. The Bertz CT molecular complexity index is 642. The van der Waals surface area contributed by atoms with Crippen molar-refractivity contribution in [2.45, 2.75) is 19.3 Å². The average Bonchev–Trinajstić information content (AvgIpc) is 2.72. The van der Waals surface area contributed by atoms with Crippen LogP contribution in [0.1, 0.15) is 11.4 Å². The van der Waals surface area contributed by atoms with E-state index in [4.69, 9.17) is 22.1 Å². The van der Waals surface area contributed by atoms with Gasteiger partial charge in [0.05, 0.1) is 23.5 Å². The summed E-state index contributed by atoms with van der Waals surface area (Å²) in [5, 5.41) is 0. The van der Waals surface area contributed by atoms with Crippen LogP contribution in [0, 0.1) is 12.7 Å². The van der Waals surface area contributed by atoms with E-state index in [1.54, 1.807) is 13.0 Å². The van der Waals surface area contributed by atoms with Gasteiger partial charge in [-0.2, -0.15) is 0 Å². The molecule has 1 amide bonds. The van der Waals surface area contributed by atoms with Crippen LogP contribution in [-0.4, -0.2) is 28.7 Å². The number of ether oxygens (including phenoxy) is 1. The van der Waals surface area contributed by atoms with Crippen LogP contribution in [0.15, 0.2) is 12.1 Å². The third kappa shape index (κ3) is 3.08. The van der Waals surface area contributed by atoms with E-state index in [9.17, 15) is 9.18 Å². The van der Waals surface area contributed by atoms with Crippen LogP contribution in [0.3, 0.4) is 0 Å². The summed E-state index contributed by atoms with van der Waals surface area (Å²) in [5.41, 5.74) is 6.88. The Morgan fingerprint density at radius 3 is 2.95 bits per heavy atom. The van der Waals surface area contributed by atoms with Gasteiger partial charge in [-0.1, -0.05) is 0 Å². The molecule has 0 fully saturated rings. The molecule has 0 bridgehead atoms. The number of carbonyl (C=O) groups excluding carboxylic acids is 1. The fraction of sp³-hybridized carbons (Fsp3) is 0.385. The number of hydrogen-bond donors (Lipinski definition) is 1. The number of nitrogens with two attached hydrogens (primary N) is 1. The van der Waals surface area contributed by atoms with Crippen LogP contribution in [0.2, 0.25) is 0 Å². The number of benzene rings is 1. The van der Waals surface area contributed by atoms with Gasteiger partial charge in [-0.15, -0.1) is 11.6 Å². The topological polar surface area (TPSA) is 70.1 Å². The first-order valence-electron chi connectivity index (χ1n) is 6.10. The second-order valence-electron chi connectivity index (χ2n) is 4.42. The Morgan fingerprint density at radius 1 is 1.55 bits per heavy atom. The predicted molar refractivity (Wildman–Crippen MR) is 74.0 cm³/mol. The molecular weight excluding hydrogens is 285 g/mol. The summed E-state index contributed by atoms with van der Waals surface area (Å²) in [4.78, 5) is 14.9. The smallest absolute Gasteiger partial charge is 0.243 e. The number of nitrogens with zero attached hydrogens (tertiary/aromatic N) is 2. The molecule has 0 atom stereocenters. The molecule has 0 aliphatic heterocycles. The lowest BCUT2D eigenvalue weighted by molar-refractivity contribution is -0.122. The molecule has 2 rings (SSSR count). The minimum Gasteiger partial charge on any atom is -0.370 e. The highest BCUT2D eigenvalue weighted by atomic mass is 35.5. The summed E-state index contributed by atoms with van der Waals surface area (Å²) >= 11 is 5.85. The Kier molecular flexibility index (Phi) is 4.57. The molecule has 0 saturated heterocycles. The van der Waals surface area contributed by atoms with E-state index < -0.39 is 5.91 Å². The number of fused-ring (bicyclic) bond motifs is 1. The van der Waals surface area contributed by atoms with Gasteiger partial charge in [0.1, 0.15) is 18.2 Å². The van der Waals surface area contributed by atoms with E-state index in [1.165, 1.54) is 6.07 Å². The van der Waals surface area contributed by atoms with E-state index in [0.29, 0.717) is 30.1 Å². The molecule has 0 unspecified atom stereocenters. The lowest BCUT2D eigenvalue weighted by atomic mass is 10.2. The SMILES string of the molecule is Cc1cc2c(cc1F)nc(CCl)n2CCOCC(N)=O. The van der Waals surface area contributed by atoms with Gasteiger partial charge in [0.25, 0.3) is 0 Å². The van der Waals surface area contributed by atoms with Crippen LogP contribution in [0.4, 0.5) is 4.39 Å². The first-order valence-corrected chi connectivity index (χ1v) is 6.63. The largest absolute Gasteiger partial charge is 0.370 e. The molecule has 0 aliphatic carbocycles. The molecule has 0 spiro atoms. The normalized spacial score (nSPS) is 11.2. The number of rotatable bonds is 6. The summed E-state index contributed by atoms with van der Waals surface area (Å²) < 4.78 is 20.5. The highest BCUT2D eigenvalue weighted by molar-refractivity contribution is 6.16. The number of aryl methyl sites for hydroxylation is 1. The van der Waals surface area contributed by atoms with E-state index >= 15 is 0 Å². The number of alkyl halides is 1. The van der Waals surface area contributed by atoms with Gasteiger partial charge in [0.2, 0.25) is 5.91 Å². The predicted octanol–water partition coefficient (Wildman–Crippen LogP) is 1.72. The number of hydrogen-bond acceptors (Lipinski definition) is 3. The molecule has 1 aromatic heterocycles. The fourth-order valence-electron chi connectivity index (χ4n) is 1.98. The van der Waals surface area contributed by atoms with E-state index in [-0.39, 0.29) is 18.3 Å². The summed E-state index contributed by atoms with van der Waals surface area (Å²) in [6, 6.07) is 3.11. The standard InChI is InChI=1S/C13H15ClFN3O2/c1-8-4-11-10(5-9(8)15)17-13(6-14)18(11)2-3-20-7-12(16)19/h4-5H,2-3,6-7H2,1H3,(H2,16,19). The number of aromatic nitrogens is 2. The zero-order valence-electron chi connectivity index (χ0n) is 11.0. The van der Waals surface area contributed by atoms with Crippen molar-refractivity contribution in [3.63, 3.8) is 0 Å². The zero-order valence-corrected chi connectivity index (χ0v) is 11.8. The van der Waals surface area contributed by atoms with E-state index in [2.05, 4.69) is 4.98 Å². The average molecular weight is 300 g/mol. The van der Waals surface area contributed by atoms with Crippen molar-refractivity contribution in [1.82, 2.24) is 9.55 Å². The van der Waals surface area contributed by atoms with Crippen molar-refractivity contribution in [2.75, 3.05) is 13.2 Å². The van der Waals surface area contributed by atoms with Gasteiger partial charge in [-0.3, -0.25) is 4.79 Å². The maximum Gasteiger partial charge on any atom is 0.243 e. The van der Waals surface area contributed by atoms with Gasteiger partial charge in [-0.05, 0) is 18.6 Å². The van der Waals surface area contributed by atoms with Crippen molar-refractivity contribution in [3.8, 4) is 0 Å². The number of halogens is 2. The molecule has 0 aliphatic rings. The third-order valence-corrected chi connectivity index (χ3v) is 3.17. The second kappa shape index (κ2) is 6.19. The summed E-state index contributed by atoms with van der Waals surface area (Å²) in [5.74, 6) is 0.0316. The van der Waals surface area contributed by atoms with Crippen LogP contribution in [0.25, 0.3) is 11.0 Å². The molecule has 108 valence electrons. The first kappa shape index (κ1) is 14.7. The van der Waals surface area contributed by atoms with Gasteiger partial charge in [-0.25, -0.2) is 9.37 Å². The van der Waals surface area contributed by atoms with Crippen molar-refractivity contribution < 1.29 is 13.9 Å². The fourth-order valence-corrected chi connectivity index (χ4v) is 2.18. The Hall–Kier alpha value is -1.66. The van der Waals surface area contributed by atoms with Crippen LogP contribution in [0.5, 0.6) is 0 Å². The summed E-state index contributed by atoms with van der Waals surface area (Å²) in [6.07, 6.45) is 0. The second-order valence-corrected chi connectivity index (χ2v) is 4.69. The van der Waals surface area contributed by atoms with Gasteiger partial charge in [0, 0.05) is 12.6 Å². The quantitative estimate of drug-likeness (QED) is 0.652. The third-order valence-electron chi connectivity index (χ3n) is 2.93. The monoisotopic (exact) mass is 299 g/mol. The summed E-state index contributed by atoms with van der Waals surface area (Å²) in [7, 11) is 0. The molecule has 2 aromatic rings. The molecule has 0 saturated carbocycles. The molecule has 0 radical (unpaired) electrons. The minimum absolute atomic E-state index is 0.128. The van der Waals surface area contributed by atoms with Crippen molar-refractivity contribution in [2.24, 2.45) is 5.73 Å². The van der Waals surface area contributed by atoms with E-state index in [1.807, 2.05) is 4.57 Å². The maximum absolute atomic E-state index is 13.5. The summed E-state index contributed by atoms with van der Waals surface area (Å²) in [6.45, 7) is 2.33. The van der Waals surface area contributed by atoms with Gasteiger partial charge >= 0.3 is 0 Å². The highest BCUT2D eigenvalue weighted by Crippen LogP contribution is 2.21. The van der Waals surface area contributed by atoms with Crippen LogP contribution >= 0.6 is 11.6 Å². The first-order chi connectivity index (χ1) is 9.52. The number of carbonyl (C=O) groups is 1. The van der Waals surface area contributed by atoms with Crippen molar-refractivity contribution >= 4 is 28.5 Å². The van der Waals surface area contributed by atoms with Crippen LogP contribution < -0.4 is 5.73 Å². The molecule has 1 aromatic carbocycles. The van der Waals surface area contributed by atoms with E-state index in [0.717, 1.165) is 5.52 Å². The van der Waals surface area contributed by atoms with Crippen molar-refractivity contribution in [3.05, 3.63) is 29.3 Å². The molecular formula is C13H15ClFN3O2. The lowest BCUT2D eigenvalue weighted by Crippen LogP contribution is -2.20. The number of amides is 1. The Balaban J connectivity index is 2.25. The molecule has 1 heterocycles. The molecule has 5 nitrogen and oxygen atoms in total. The number of primary amides is 1. The van der Waals surface area contributed by atoms with Gasteiger partial charge < -0.3 is 15.0 Å². The van der Waals surface area contributed by atoms with Crippen LogP contribution in [-0.2, 0) is 22.0 Å². The van der Waals surface area contributed by atoms with Gasteiger partial charge in [0.15, 0.2) is 0 Å². The lowest BCUT2D eigenvalue weighted by Gasteiger charge is -2.08. The zero-order chi connectivity index (χ0) is 14.7. The Labute approximate surface area is 120 Å². The molecule has 7 heteroatoms.